The summed E-state index contributed by atoms with van der Waals surface area (Å²) in [5, 5.41) is 11.0. The lowest BCUT2D eigenvalue weighted by molar-refractivity contribution is -0.130. The number of amides is 1. The number of anilines is 1. The summed E-state index contributed by atoms with van der Waals surface area (Å²) < 4.78 is 1.84. The Labute approximate surface area is 150 Å². The highest BCUT2D eigenvalue weighted by Gasteiger charge is 2.21. The van der Waals surface area contributed by atoms with Gasteiger partial charge in [-0.2, -0.15) is 0 Å². The van der Waals surface area contributed by atoms with Crippen molar-refractivity contribution < 1.29 is 4.79 Å². The van der Waals surface area contributed by atoms with Gasteiger partial charge < -0.3 is 9.80 Å². The topological polar surface area (TPSA) is 54.3 Å². The number of carbonyl (C=O) groups excluding carboxylic acids is 1. The summed E-state index contributed by atoms with van der Waals surface area (Å²) >= 11 is 1.75. The number of piperazine rings is 1. The molecule has 3 aromatic rings. The molecule has 25 heavy (non-hydrogen) atoms. The summed E-state index contributed by atoms with van der Waals surface area (Å²) in [4.78, 5) is 16.9. The Hall–Kier alpha value is -2.67. The first-order valence-corrected chi connectivity index (χ1v) is 9.18. The fourth-order valence-corrected chi connectivity index (χ4v) is 3.82. The van der Waals surface area contributed by atoms with Gasteiger partial charge in [-0.15, -0.1) is 21.5 Å². The van der Waals surface area contributed by atoms with E-state index in [4.69, 9.17) is 0 Å². The van der Waals surface area contributed by atoms with Crippen LogP contribution in [0.15, 0.2) is 54.4 Å². The van der Waals surface area contributed by atoms with Crippen molar-refractivity contribution in [1.82, 2.24) is 19.7 Å². The summed E-state index contributed by atoms with van der Waals surface area (Å²) in [6.45, 7) is 3.38. The van der Waals surface area contributed by atoms with Crippen molar-refractivity contribution >= 4 is 22.2 Å². The van der Waals surface area contributed by atoms with E-state index in [-0.39, 0.29) is 5.91 Å². The summed E-state index contributed by atoms with van der Waals surface area (Å²) in [5.74, 6) is 0.197. The predicted molar refractivity (Wildman–Crippen MR) is 98.2 cm³/mol. The zero-order chi connectivity index (χ0) is 17.1. The van der Waals surface area contributed by atoms with Gasteiger partial charge in [0.15, 0.2) is 0 Å². The standard InChI is InChI=1S/C18H19N5OS/c24-17(21-7-9-22(10-8-21)18-2-1-11-25-18)12-15-3-5-16(6-4-15)23-13-19-20-14-23/h1-6,11,13-14H,7-10,12H2. The van der Waals surface area contributed by atoms with Gasteiger partial charge in [-0.05, 0) is 35.2 Å². The molecule has 1 aromatic carbocycles. The number of nitrogens with zero attached hydrogens (tertiary/aromatic N) is 5. The molecule has 4 rings (SSSR count). The molecule has 2 aromatic heterocycles. The van der Waals surface area contributed by atoms with E-state index in [1.54, 1.807) is 24.0 Å². The summed E-state index contributed by atoms with van der Waals surface area (Å²) in [6.07, 6.45) is 3.77. The molecule has 128 valence electrons. The molecule has 0 aliphatic carbocycles. The molecular formula is C18H19N5OS. The molecule has 1 aliphatic rings. The Morgan fingerprint density at radius 3 is 2.36 bits per heavy atom. The van der Waals surface area contributed by atoms with Crippen LogP contribution in [0.2, 0.25) is 0 Å². The van der Waals surface area contributed by atoms with Gasteiger partial charge in [0.05, 0.1) is 11.4 Å². The van der Waals surface area contributed by atoms with Crippen LogP contribution >= 0.6 is 11.3 Å². The molecule has 0 saturated carbocycles. The van der Waals surface area contributed by atoms with Crippen LogP contribution in [0.5, 0.6) is 0 Å². The fourth-order valence-electron chi connectivity index (χ4n) is 3.03. The third kappa shape index (κ3) is 3.56. The van der Waals surface area contributed by atoms with E-state index in [9.17, 15) is 4.79 Å². The van der Waals surface area contributed by atoms with Crippen LogP contribution in [0, 0.1) is 0 Å². The Kier molecular flexibility index (Phi) is 4.47. The number of hydrogen-bond donors (Lipinski definition) is 0. The van der Waals surface area contributed by atoms with Gasteiger partial charge in [0.2, 0.25) is 5.91 Å². The Morgan fingerprint density at radius 1 is 1.00 bits per heavy atom. The lowest BCUT2D eigenvalue weighted by Crippen LogP contribution is -2.49. The van der Waals surface area contributed by atoms with Gasteiger partial charge in [-0.1, -0.05) is 12.1 Å². The lowest BCUT2D eigenvalue weighted by atomic mass is 10.1. The third-order valence-electron chi connectivity index (χ3n) is 4.46. The molecule has 1 aliphatic heterocycles. The molecule has 0 N–H and O–H groups in total. The zero-order valence-electron chi connectivity index (χ0n) is 13.8. The number of thiophene rings is 1. The van der Waals surface area contributed by atoms with Crippen LogP contribution in [-0.2, 0) is 11.2 Å². The van der Waals surface area contributed by atoms with Crippen LogP contribution in [0.1, 0.15) is 5.56 Å². The van der Waals surface area contributed by atoms with Crippen LogP contribution in [-0.4, -0.2) is 51.8 Å². The first kappa shape index (κ1) is 15.8. The number of aromatic nitrogens is 3. The quantitative estimate of drug-likeness (QED) is 0.722. The van der Waals surface area contributed by atoms with Crippen molar-refractivity contribution in [3.63, 3.8) is 0 Å². The second kappa shape index (κ2) is 7.06. The van der Waals surface area contributed by atoms with E-state index < -0.39 is 0 Å². The van der Waals surface area contributed by atoms with Gasteiger partial charge in [0.1, 0.15) is 12.7 Å². The van der Waals surface area contributed by atoms with Gasteiger partial charge in [0.25, 0.3) is 0 Å². The minimum Gasteiger partial charge on any atom is -0.360 e. The van der Waals surface area contributed by atoms with E-state index in [1.807, 2.05) is 33.7 Å². The third-order valence-corrected chi connectivity index (χ3v) is 5.39. The molecule has 7 heteroatoms. The second-order valence-electron chi connectivity index (χ2n) is 6.03. The van der Waals surface area contributed by atoms with Crippen molar-refractivity contribution in [2.75, 3.05) is 31.1 Å². The van der Waals surface area contributed by atoms with Gasteiger partial charge in [-0.3, -0.25) is 9.36 Å². The molecule has 1 saturated heterocycles. The smallest absolute Gasteiger partial charge is 0.227 e. The normalized spacial score (nSPS) is 14.7. The Balaban J connectivity index is 1.33. The van der Waals surface area contributed by atoms with E-state index >= 15 is 0 Å². The van der Waals surface area contributed by atoms with Crippen LogP contribution in [0.4, 0.5) is 5.00 Å². The molecule has 0 unspecified atom stereocenters. The van der Waals surface area contributed by atoms with E-state index in [0.29, 0.717) is 6.42 Å². The van der Waals surface area contributed by atoms with E-state index in [1.165, 1.54) is 5.00 Å². The number of benzene rings is 1. The predicted octanol–water partition coefficient (Wildman–Crippen LogP) is 2.22. The highest BCUT2D eigenvalue weighted by molar-refractivity contribution is 7.14. The SMILES string of the molecule is O=C(Cc1ccc(-n2cnnc2)cc1)N1CCN(c2cccs2)CC1. The zero-order valence-corrected chi connectivity index (χ0v) is 14.6. The maximum Gasteiger partial charge on any atom is 0.227 e. The molecule has 3 heterocycles. The minimum absolute atomic E-state index is 0.197. The molecular weight excluding hydrogens is 334 g/mol. The first-order chi connectivity index (χ1) is 12.3. The number of carbonyl (C=O) groups is 1. The maximum atomic E-state index is 12.6. The molecule has 0 spiro atoms. The second-order valence-corrected chi connectivity index (χ2v) is 6.96. The number of hydrogen-bond acceptors (Lipinski definition) is 5. The van der Waals surface area contributed by atoms with Gasteiger partial charge >= 0.3 is 0 Å². The van der Waals surface area contributed by atoms with Crippen molar-refractivity contribution in [3.05, 3.63) is 60.0 Å². The van der Waals surface area contributed by atoms with Crippen molar-refractivity contribution in [2.45, 2.75) is 6.42 Å². The molecule has 0 radical (unpaired) electrons. The van der Waals surface area contributed by atoms with Crippen LogP contribution < -0.4 is 4.90 Å². The average Bonchev–Trinajstić information content (AvgIpc) is 3.36. The Morgan fingerprint density at radius 2 is 1.72 bits per heavy atom. The van der Waals surface area contributed by atoms with Crippen LogP contribution in [0.25, 0.3) is 5.69 Å². The largest absolute Gasteiger partial charge is 0.360 e. The van der Waals surface area contributed by atoms with Gasteiger partial charge in [-0.25, -0.2) is 0 Å². The summed E-state index contributed by atoms with van der Waals surface area (Å²) in [6, 6.07) is 12.2. The first-order valence-electron chi connectivity index (χ1n) is 8.30. The van der Waals surface area contributed by atoms with Gasteiger partial charge in [0, 0.05) is 31.9 Å². The maximum absolute atomic E-state index is 12.6. The van der Waals surface area contributed by atoms with Crippen LogP contribution in [0.3, 0.4) is 0 Å². The monoisotopic (exact) mass is 353 g/mol. The fraction of sp³-hybridized carbons (Fsp3) is 0.278. The van der Waals surface area contributed by atoms with Crippen molar-refractivity contribution in [2.24, 2.45) is 0 Å². The highest BCUT2D eigenvalue weighted by Crippen LogP contribution is 2.22. The van der Waals surface area contributed by atoms with E-state index in [0.717, 1.165) is 37.4 Å². The lowest BCUT2D eigenvalue weighted by Gasteiger charge is -2.35. The average molecular weight is 353 g/mol. The van der Waals surface area contributed by atoms with Crippen molar-refractivity contribution in [3.8, 4) is 5.69 Å². The molecule has 1 fully saturated rings. The molecule has 0 atom stereocenters. The van der Waals surface area contributed by atoms with Crippen molar-refractivity contribution in [1.29, 1.82) is 0 Å². The highest BCUT2D eigenvalue weighted by atomic mass is 32.1. The van der Waals surface area contributed by atoms with E-state index in [2.05, 4.69) is 32.6 Å². The molecule has 6 nitrogen and oxygen atoms in total. The summed E-state index contributed by atoms with van der Waals surface area (Å²) in [7, 11) is 0. The summed E-state index contributed by atoms with van der Waals surface area (Å²) in [5.41, 5.74) is 2.02. The molecule has 0 bridgehead atoms. The number of rotatable bonds is 4. The molecule has 1 amide bonds. The Bertz CT molecular complexity index is 806. The minimum atomic E-state index is 0.197.